The maximum Gasteiger partial charge on any atom is 0.266 e. The Hall–Kier alpha value is -3.50. The van der Waals surface area contributed by atoms with Crippen molar-refractivity contribution < 1.29 is 19.4 Å². The van der Waals surface area contributed by atoms with Gasteiger partial charge in [0.1, 0.15) is 11.6 Å². The number of nitriles is 1. The molecule has 2 rings (SSSR count). The molecule has 0 heterocycles. The zero-order valence-electron chi connectivity index (χ0n) is 16.2. The maximum atomic E-state index is 12.4. The molecule has 0 bridgehead atoms. The molecule has 0 aliphatic heterocycles. The molecule has 8 heteroatoms. The number of nitrogens with one attached hydrogen (secondary N) is 1. The zero-order chi connectivity index (χ0) is 21.6. The van der Waals surface area contributed by atoms with Crippen LogP contribution in [-0.2, 0) is 4.79 Å². The van der Waals surface area contributed by atoms with Gasteiger partial charge in [0.25, 0.3) is 11.8 Å². The van der Waals surface area contributed by atoms with Gasteiger partial charge >= 0.3 is 0 Å². The highest BCUT2D eigenvalue weighted by atomic mass is 35.5. The number of aromatic hydroxyl groups is 1. The Labute approximate surface area is 173 Å². The molecule has 0 saturated heterocycles. The number of hydrogen-bond acceptors (Lipinski definition) is 5. The molecule has 0 aliphatic rings. The van der Waals surface area contributed by atoms with E-state index in [-0.39, 0.29) is 28.0 Å². The third kappa shape index (κ3) is 5.50. The fourth-order valence-corrected chi connectivity index (χ4v) is 2.63. The fourth-order valence-electron chi connectivity index (χ4n) is 2.41. The first-order chi connectivity index (χ1) is 13.8. The van der Waals surface area contributed by atoms with Crippen LogP contribution in [-0.4, -0.2) is 42.5 Å². The second-order valence-electron chi connectivity index (χ2n) is 6.18. The van der Waals surface area contributed by atoms with E-state index in [1.807, 2.05) is 6.07 Å². The van der Waals surface area contributed by atoms with Crippen LogP contribution >= 0.6 is 11.6 Å². The summed E-state index contributed by atoms with van der Waals surface area (Å²) in [6.07, 6.45) is 1.34. The highest BCUT2D eigenvalue weighted by Gasteiger charge is 2.14. The van der Waals surface area contributed by atoms with E-state index in [9.17, 15) is 20.0 Å². The molecular weight excluding hydrogens is 394 g/mol. The number of phenolic OH excluding ortho intramolecular Hbond substituents is 1. The fraction of sp³-hybridized carbons (Fsp3) is 0.190. The van der Waals surface area contributed by atoms with Crippen LogP contribution in [0.15, 0.2) is 42.0 Å². The Bertz CT molecular complexity index is 992. The maximum absolute atomic E-state index is 12.4. The SMILES string of the molecule is CCOc1cc(/C=C(\C#N)C(=O)Nc2ccc(C(=O)N(C)C)cc2)cc(Cl)c1O. The molecule has 2 amide bonds. The average molecular weight is 414 g/mol. The van der Waals surface area contributed by atoms with Gasteiger partial charge in [0.2, 0.25) is 0 Å². The van der Waals surface area contributed by atoms with Crippen molar-refractivity contribution in [3.05, 3.63) is 58.1 Å². The predicted octanol–water partition coefficient (Wildman–Crippen LogP) is 3.69. The number of hydrogen-bond donors (Lipinski definition) is 2. The Morgan fingerprint density at radius 1 is 1.28 bits per heavy atom. The highest BCUT2D eigenvalue weighted by Crippen LogP contribution is 2.35. The monoisotopic (exact) mass is 413 g/mol. The molecule has 0 radical (unpaired) electrons. The predicted molar refractivity (Wildman–Crippen MR) is 111 cm³/mol. The molecule has 0 aliphatic carbocycles. The first kappa shape index (κ1) is 21.8. The van der Waals surface area contributed by atoms with E-state index in [0.29, 0.717) is 23.4 Å². The quantitative estimate of drug-likeness (QED) is 0.555. The van der Waals surface area contributed by atoms with E-state index < -0.39 is 5.91 Å². The average Bonchev–Trinajstić information content (AvgIpc) is 2.69. The van der Waals surface area contributed by atoms with Crippen molar-refractivity contribution >= 4 is 35.2 Å². The zero-order valence-corrected chi connectivity index (χ0v) is 16.9. The third-order valence-electron chi connectivity index (χ3n) is 3.82. The van der Waals surface area contributed by atoms with Gasteiger partial charge in [-0.1, -0.05) is 11.6 Å². The van der Waals surface area contributed by atoms with Crippen molar-refractivity contribution in [3.8, 4) is 17.6 Å². The van der Waals surface area contributed by atoms with Gasteiger partial charge in [-0.3, -0.25) is 9.59 Å². The Balaban J connectivity index is 2.23. The van der Waals surface area contributed by atoms with E-state index in [1.165, 1.54) is 23.1 Å². The minimum absolute atomic E-state index is 0.0426. The summed E-state index contributed by atoms with van der Waals surface area (Å²) in [5, 5.41) is 21.9. The van der Waals surface area contributed by atoms with Gasteiger partial charge in [-0.25, -0.2) is 0 Å². The van der Waals surface area contributed by atoms with Crippen molar-refractivity contribution in [2.45, 2.75) is 6.92 Å². The van der Waals surface area contributed by atoms with Crippen LogP contribution in [0.1, 0.15) is 22.8 Å². The van der Waals surface area contributed by atoms with E-state index in [2.05, 4.69) is 5.32 Å². The number of carbonyl (C=O) groups is 2. The summed E-state index contributed by atoms with van der Waals surface area (Å²) in [5.74, 6) is -0.831. The summed E-state index contributed by atoms with van der Waals surface area (Å²) in [6.45, 7) is 2.07. The molecule has 0 atom stereocenters. The summed E-state index contributed by atoms with van der Waals surface area (Å²) in [6, 6.07) is 11.1. The summed E-state index contributed by atoms with van der Waals surface area (Å²) < 4.78 is 5.30. The molecule has 0 fully saturated rings. The number of amides is 2. The van der Waals surface area contributed by atoms with Gasteiger partial charge in [-0.05, 0) is 55.0 Å². The van der Waals surface area contributed by atoms with Crippen molar-refractivity contribution in [2.24, 2.45) is 0 Å². The van der Waals surface area contributed by atoms with E-state index >= 15 is 0 Å². The molecule has 29 heavy (non-hydrogen) atoms. The molecule has 7 nitrogen and oxygen atoms in total. The Morgan fingerprint density at radius 2 is 1.93 bits per heavy atom. The van der Waals surface area contributed by atoms with E-state index in [4.69, 9.17) is 16.3 Å². The van der Waals surface area contributed by atoms with Crippen molar-refractivity contribution in [1.29, 1.82) is 5.26 Å². The number of halogens is 1. The number of ether oxygens (including phenoxy) is 1. The van der Waals surface area contributed by atoms with Crippen LogP contribution < -0.4 is 10.1 Å². The minimum atomic E-state index is -0.624. The molecular formula is C21H20ClN3O4. The number of phenols is 1. The molecule has 2 N–H and O–H groups in total. The second kappa shape index (κ2) is 9.62. The summed E-state index contributed by atoms with van der Waals surface area (Å²) in [7, 11) is 3.29. The lowest BCUT2D eigenvalue weighted by Gasteiger charge is -2.11. The highest BCUT2D eigenvalue weighted by molar-refractivity contribution is 6.32. The summed E-state index contributed by atoms with van der Waals surface area (Å²) >= 11 is 5.98. The molecule has 150 valence electrons. The largest absolute Gasteiger partial charge is 0.503 e. The standard InChI is InChI=1S/C21H20ClN3O4/c1-4-29-18-11-13(10-17(22)19(18)26)9-15(12-23)20(27)24-16-7-5-14(6-8-16)21(28)25(2)3/h5-11,26H,4H2,1-3H3,(H,24,27)/b15-9+. The van der Waals surface area contributed by atoms with Gasteiger partial charge in [0.15, 0.2) is 11.5 Å². The molecule has 0 spiro atoms. The number of anilines is 1. The molecule has 2 aromatic rings. The number of carbonyl (C=O) groups excluding carboxylic acids is 2. The van der Waals surface area contributed by atoms with Gasteiger partial charge in [0, 0.05) is 25.3 Å². The topological polar surface area (TPSA) is 103 Å². The number of nitrogens with zero attached hydrogens (tertiary/aromatic N) is 2. The number of benzene rings is 2. The van der Waals surface area contributed by atoms with Crippen molar-refractivity contribution in [1.82, 2.24) is 4.90 Å². The summed E-state index contributed by atoms with van der Waals surface area (Å²) in [4.78, 5) is 25.8. The minimum Gasteiger partial charge on any atom is -0.503 e. The smallest absolute Gasteiger partial charge is 0.266 e. The third-order valence-corrected chi connectivity index (χ3v) is 4.11. The van der Waals surface area contributed by atoms with Crippen LogP contribution in [0.3, 0.4) is 0 Å². The number of rotatable bonds is 6. The van der Waals surface area contributed by atoms with Gasteiger partial charge < -0.3 is 20.1 Å². The molecule has 0 saturated carbocycles. The first-order valence-electron chi connectivity index (χ1n) is 8.67. The second-order valence-corrected chi connectivity index (χ2v) is 6.59. The van der Waals surface area contributed by atoms with Crippen LogP contribution in [0, 0.1) is 11.3 Å². The van der Waals surface area contributed by atoms with Crippen LogP contribution in [0.25, 0.3) is 6.08 Å². The Kier molecular flexibility index (Phi) is 7.23. The van der Waals surface area contributed by atoms with Gasteiger partial charge in [0.05, 0.1) is 11.6 Å². The molecule has 2 aromatic carbocycles. The lowest BCUT2D eigenvalue weighted by Crippen LogP contribution is -2.21. The summed E-state index contributed by atoms with van der Waals surface area (Å²) in [5.41, 5.74) is 1.17. The Morgan fingerprint density at radius 3 is 2.48 bits per heavy atom. The van der Waals surface area contributed by atoms with Crippen molar-refractivity contribution in [3.63, 3.8) is 0 Å². The van der Waals surface area contributed by atoms with Gasteiger partial charge in [-0.2, -0.15) is 5.26 Å². The lowest BCUT2D eigenvalue weighted by molar-refractivity contribution is -0.112. The van der Waals surface area contributed by atoms with E-state index in [1.54, 1.807) is 45.3 Å². The van der Waals surface area contributed by atoms with Crippen LogP contribution in [0.5, 0.6) is 11.5 Å². The lowest BCUT2D eigenvalue weighted by atomic mass is 10.1. The molecule has 0 unspecified atom stereocenters. The molecule has 0 aromatic heterocycles. The van der Waals surface area contributed by atoms with E-state index in [0.717, 1.165) is 0 Å². The van der Waals surface area contributed by atoms with Crippen LogP contribution in [0.2, 0.25) is 5.02 Å². The first-order valence-corrected chi connectivity index (χ1v) is 9.04. The van der Waals surface area contributed by atoms with Crippen LogP contribution in [0.4, 0.5) is 5.69 Å². The van der Waals surface area contributed by atoms with Crippen molar-refractivity contribution in [2.75, 3.05) is 26.0 Å². The normalized spacial score (nSPS) is 10.8. The van der Waals surface area contributed by atoms with Gasteiger partial charge in [-0.15, -0.1) is 0 Å².